The van der Waals surface area contributed by atoms with Crippen LogP contribution in [0.1, 0.15) is 86.5 Å². The van der Waals surface area contributed by atoms with Crippen molar-refractivity contribution in [3.8, 4) is 0 Å². The highest BCUT2D eigenvalue weighted by molar-refractivity contribution is 6.23. The molecule has 0 heterocycles. The van der Waals surface area contributed by atoms with Gasteiger partial charge in [-0.2, -0.15) is 0 Å². The second kappa shape index (κ2) is 16.1. The lowest BCUT2D eigenvalue weighted by molar-refractivity contribution is 0.494. The van der Waals surface area contributed by atoms with E-state index in [0.717, 1.165) is 6.42 Å². The van der Waals surface area contributed by atoms with Crippen molar-refractivity contribution >= 4 is 64.6 Å². The van der Waals surface area contributed by atoms with E-state index in [4.69, 9.17) is 0 Å². The minimum absolute atomic E-state index is 0.271. The van der Waals surface area contributed by atoms with Gasteiger partial charge in [0.15, 0.2) is 0 Å². The first kappa shape index (κ1) is 36.4. The molecule has 0 heteroatoms. The summed E-state index contributed by atoms with van der Waals surface area (Å²) in [5, 5.41) is 16.2. The Morgan fingerprint density at radius 2 is 0.655 bits per heavy atom. The Hall–Kier alpha value is -5.98. The molecule has 284 valence electrons. The van der Waals surface area contributed by atoms with Crippen LogP contribution >= 0.6 is 0 Å². The Morgan fingerprint density at radius 1 is 0.276 bits per heavy atom. The quantitative estimate of drug-likeness (QED) is 0.0556. The van der Waals surface area contributed by atoms with Gasteiger partial charge in [0.25, 0.3) is 0 Å². The summed E-state index contributed by atoms with van der Waals surface area (Å²) < 4.78 is 0. The molecule has 0 aliphatic rings. The smallest absolute Gasteiger partial charge is 0.0452 e. The van der Waals surface area contributed by atoms with Crippen LogP contribution in [-0.2, 0) is 11.8 Å². The maximum atomic E-state index is 2.48. The molecule has 0 atom stereocenters. The average molecular weight is 749 g/mol. The van der Waals surface area contributed by atoms with Crippen molar-refractivity contribution < 1.29 is 0 Å². The number of unbranched alkanes of at least 4 members (excludes halogenated alkanes) is 8. The van der Waals surface area contributed by atoms with Gasteiger partial charge < -0.3 is 0 Å². The Bertz CT molecular complexity index is 2790. The zero-order valence-corrected chi connectivity index (χ0v) is 33.6. The molecule has 0 nitrogen and oxygen atoms in total. The van der Waals surface area contributed by atoms with Gasteiger partial charge in [0, 0.05) is 5.41 Å². The molecule has 0 aliphatic heterocycles. The lowest BCUT2D eigenvalue weighted by Gasteiger charge is -2.37. The molecule has 0 aromatic heterocycles. The molecular formula is C58H52. The first-order chi connectivity index (χ1) is 28.7. The van der Waals surface area contributed by atoms with Crippen LogP contribution in [0.4, 0.5) is 0 Å². The standard InChI is InChI=1S/C58H52/c1(2-4-6-8-20-45-26-27-48-29-28-46-24-16-25-47-33-37-55(45)57(48)56(46)47)3-5-7-15-38-58(52-34-30-42-17-9-12-21-49(42)39-52,53-35-31-43-18-10-13-22-50(43)40-53)54-36-32-44-19-11-14-23-51(44)41-54/h9-14,16-19,21-37,39-41H,1-8,15,20,38H2. The van der Waals surface area contributed by atoms with Gasteiger partial charge in [-0.3, -0.25) is 0 Å². The number of hydrogen-bond acceptors (Lipinski definition) is 0. The van der Waals surface area contributed by atoms with Gasteiger partial charge in [-0.1, -0.05) is 215 Å². The molecule has 0 spiro atoms. The van der Waals surface area contributed by atoms with E-state index in [2.05, 4.69) is 182 Å². The van der Waals surface area contributed by atoms with Crippen molar-refractivity contribution in [1.82, 2.24) is 0 Å². The predicted octanol–water partition coefficient (Wildman–Crippen LogP) is 16.5. The Balaban J connectivity index is 0.816. The fourth-order valence-electron chi connectivity index (χ4n) is 10.3. The molecule has 0 bridgehead atoms. The lowest BCUT2D eigenvalue weighted by atomic mass is 9.65. The van der Waals surface area contributed by atoms with Gasteiger partial charge in [0.1, 0.15) is 0 Å². The van der Waals surface area contributed by atoms with E-state index in [1.807, 2.05) is 0 Å². The zero-order chi connectivity index (χ0) is 38.7. The number of rotatable bonds is 15. The largest absolute Gasteiger partial charge is 0.0616 e. The minimum atomic E-state index is -0.271. The van der Waals surface area contributed by atoms with E-state index in [1.54, 1.807) is 0 Å². The topological polar surface area (TPSA) is 0 Å². The van der Waals surface area contributed by atoms with Gasteiger partial charge >= 0.3 is 0 Å². The molecular weight excluding hydrogens is 697 g/mol. The molecule has 0 unspecified atom stereocenters. The predicted molar refractivity (Wildman–Crippen MR) is 252 cm³/mol. The summed E-state index contributed by atoms with van der Waals surface area (Å²) in [4.78, 5) is 0. The Morgan fingerprint density at radius 3 is 1.17 bits per heavy atom. The molecule has 10 rings (SSSR count). The summed E-state index contributed by atoms with van der Waals surface area (Å²) in [6.07, 6.45) is 13.9. The van der Waals surface area contributed by atoms with Gasteiger partial charge in [-0.15, -0.1) is 0 Å². The van der Waals surface area contributed by atoms with Gasteiger partial charge in [0.05, 0.1) is 0 Å². The van der Waals surface area contributed by atoms with Crippen LogP contribution in [0.2, 0.25) is 0 Å². The maximum Gasteiger partial charge on any atom is 0.0452 e. The summed E-state index contributed by atoms with van der Waals surface area (Å²) in [6.45, 7) is 0. The molecule has 0 fully saturated rings. The maximum absolute atomic E-state index is 2.48. The molecule has 10 aromatic rings. The molecule has 0 aliphatic carbocycles. The van der Waals surface area contributed by atoms with Crippen molar-refractivity contribution in [2.75, 3.05) is 0 Å². The highest BCUT2D eigenvalue weighted by Crippen LogP contribution is 2.46. The summed E-state index contributed by atoms with van der Waals surface area (Å²) in [5.41, 5.74) is 5.40. The normalized spacial score (nSPS) is 12.2. The van der Waals surface area contributed by atoms with Crippen molar-refractivity contribution in [3.05, 3.63) is 204 Å². The van der Waals surface area contributed by atoms with Crippen LogP contribution in [-0.4, -0.2) is 0 Å². The molecule has 0 N–H and O–H groups in total. The number of fused-ring (bicyclic) bond motifs is 3. The van der Waals surface area contributed by atoms with Crippen LogP contribution in [0.3, 0.4) is 0 Å². The first-order valence-electron chi connectivity index (χ1n) is 21.9. The van der Waals surface area contributed by atoms with Crippen molar-refractivity contribution in [3.63, 3.8) is 0 Å². The Labute approximate surface area is 343 Å². The fourth-order valence-corrected chi connectivity index (χ4v) is 10.3. The molecule has 0 saturated heterocycles. The first-order valence-corrected chi connectivity index (χ1v) is 21.9. The van der Waals surface area contributed by atoms with E-state index >= 15 is 0 Å². The summed E-state index contributed by atoms with van der Waals surface area (Å²) >= 11 is 0. The molecule has 0 amide bonds. The van der Waals surface area contributed by atoms with Crippen LogP contribution in [0.25, 0.3) is 64.6 Å². The van der Waals surface area contributed by atoms with Crippen molar-refractivity contribution in [2.24, 2.45) is 0 Å². The second-order valence-electron chi connectivity index (χ2n) is 16.9. The van der Waals surface area contributed by atoms with E-state index in [-0.39, 0.29) is 5.41 Å². The third kappa shape index (κ3) is 6.90. The van der Waals surface area contributed by atoms with Crippen molar-refractivity contribution in [1.29, 1.82) is 0 Å². The molecule has 58 heavy (non-hydrogen) atoms. The van der Waals surface area contributed by atoms with E-state index in [1.165, 1.54) is 151 Å². The Kier molecular flexibility index (Phi) is 10.1. The monoisotopic (exact) mass is 748 g/mol. The molecule has 10 aromatic carbocycles. The molecule has 0 radical (unpaired) electrons. The number of aryl methyl sites for hydroxylation is 1. The number of benzene rings is 10. The summed E-state index contributed by atoms with van der Waals surface area (Å²) in [5.74, 6) is 0. The zero-order valence-electron chi connectivity index (χ0n) is 33.6. The van der Waals surface area contributed by atoms with Crippen molar-refractivity contribution in [2.45, 2.75) is 76.0 Å². The fraction of sp³-hybridized carbons (Fsp3) is 0.207. The van der Waals surface area contributed by atoms with Gasteiger partial charge in [-0.05, 0) is 124 Å². The van der Waals surface area contributed by atoms with Gasteiger partial charge in [0.2, 0.25) is 0 Å². The van der Waals surface area contributed by atoms with Crippen LogP contribution in [0.15, 0.2) is 182 Å². The summed E-state index contributed by atoms with van der Waals surface area (Å²) in [6, 6.07) is 68.9. The third-order valence-corrected chi connectivity index (χ3v) is 13.3. The second-order valence-corrected chi connectivity index (χ2v) is 16.9. The SMILES string of the molecule is c1ccc2cc(C(CCCCCCCCCCCc3ccc4ccc5cccc6ccc3c4c56)(c3ccc4ccccc4c3)c3ccc4ccccc4c3)ccc2c1. The van der Waals surface area contributed by atoms with E-state index in [0.29, 0.717) is 0 Å². The van der Waals surface area contributed by atoms with E-state index < -0.39 is 0 Å². The number of hydrogen-bond donors (Lipinski definition) is 0. The van der Waals surface area contributed by atoms with Crippen LogP contribution < -0.4 is 0 Å². The average Bonchev–Trinajstić information content (AvgIpc) is 3.28. The van der Waals surface area contributed by atoms with Crippen LogP contribution in [0.5, 0.6) is 0 Å². The highest BCUT2D eigenvalue weighted by atomic mass is 14.4. The summed E-state index contributed by atoms with van der Waals surface area (Å²) in [7, 11) is 0. The minimum Gasteiger partial charge on any atom is -0.0616 e. The third-order valence-electron chi connectivity index (χ3n) is 13.3. The van der Waals surface area contributed by atoms with E-state index in [9.17, 15) is 0 Å². The highest BCUT2D eigenvalue weighted by Gasteiger charge is 2.36. The lowest BCUT2D eigenvalue weighted by Crippen LogP contribution is -2.29. The molecule has 0 saturated carbocycles. The van der Waals surface area contributed by atoms with Gasteiger partial charge in [-0.25, -0.2) is 0 Å². The van der Waals surface area contributed by atoms with Crippen LogP contribution in [0, 0.1) is 0 Å².